The number of ether oxygens (including phenoxy) is 1. The summed E-state index contributed by atoms with van der Waals surface area (Å²) in [6.45, 7) is -0.489. The lowest BCUT2D eigenvalue weighted by atomic mass is 10.1. The Morgan fingerprint density at radius 3 is 2.24 bits per heavy atom. The molecule has 0 atom stereocenters. The van der Waals surface area contributed by atoms with Crippen LogP contribution in [0.3, 0.4) is 0 Å². The first-order valence-corrected chi connectivity index (χ1v) is 10.4. The van der Waals surface area contributed by atoms with Gasteiger partial charge in [-0.05, 0) is 54.1 Å². The van der Waals surface area contributed by atoms with Crippen LogP contribution in [0.25, 0.3) is 0 Å². The molecule has 0 radical (unpaired) electrons. The molecular weight excluding hydrogens is 499 g/mol. The number of anilines is 1. The van der Waals surface area contributed by atoms with Gasteiger partial charge in [0.1, 0.15) is 18.1 Å². The molecule has 3 rings (SSSR count). The molecule has 0 saturated carbocycles. The first kappa shape index (κ1) is 25.3. The van der Waals surface area contributed by atoms with Crippen LogP contribution in [0.2, 0.25) is 10.0 Å². The number of rotatable bonds is 7. The highest BCUT2D eigenvalue weighted by molar-refractivity contribution is 6.31. The molecule has 2 amide bonds. The predicted molar refractivity (Wildman–Crippen MR) is 119 cm³/mol. The minimum atomic E-state index is -4.87. The number of benzene rings is 3. The number of carbonyl (C=O) groups is 2. The van der Waals surface area contributed by atoms with Crippen LogP contribution in [-0.2, 0) is 11.3 Å². The summed E-state index contributed by atoms with van der Waals surface area (Å²) >= 11 is 11.9. The summed E-state index contributed by atoms with van der Waals surface area (Å²) in [5.74, 6) is -2.40. The van der Waals surface area contributed by atoms with Crippen LogP contribution in [0.1, 0.15) is 15.9 Å². The molecule has 5 nitrogen and oxygen atoms in total. The van der Waals surface area contributed by atoms with Gasteiger partial charge >= 0.3 is 6.36 Å². The zero-order chi connectivity index (χ0) is 24.9. The number of nitrogens with zero attached hydrogens (tertiary/aromatic N) is 1. The molecule has 0 unspecified atom stereocenters. The topological polar surface area (TPSA) is 58.6 Å². The Bertz CT molecular complexity index is 1190. The normalized spacial score (nSPS) is 11.1. The van der Waals surface area contributed by atoms with Crippen molar-refractivity contribution in [2.24, 2.45) is 0 Å². The Labute approximate surface area is 201 Å². The van der Waals surface area contributed by atoms with Gasteiger partial charge in [0.05, 0.1) is 5.02 Å². The smallest absolute Gasteiger partial charge is 0.406 e. The molecule has 178 valence electrons. The first-order chi connectivity index (χ1) is 16.0. The van der Waals surface area contributed by atoms with E-state index in [9.17, 15) is 27.2 Å². The van der Waals surface area contributed by atoms with Gasteiger partial charge < -0.3 is 15.0 Å². The van der Waals surface area contributed by atoms with E-state index in [-0.39, 0.29) is 22.8 Å². The molecule has 0 aliphatic carbocycles. The van der Waals surface area contributed by atoms with Crippen molar-refractivity contribution in [3.8, 4) is 5.75 Å². The Morgan fingerprint density at radius 2 is 1.62 bits per heavy atom. The Morgan fingerprint density at radius 1 is 0.941 bits per heavy atom. The number of carbonyl (C=O) groups excluding carboxylic acids is 2. The average Bonchev–Trinajstić information content (AvgIpc) is 2.76. The molecule has 3 aromatic carbocycles. The maximum absolute atomic E-state index is 13.4. The van der Waals surface area contributed by atoms with Crippen molar-refractivity contribution >= 4 is 40.7 Å². The van der Waals surface area contributed by atoms with Crippen LogP contribution in [0.5, 0.6) is 5.75 Å². The van der Waals surface area contributed by atoms with E-state index in [2.05, 4.69) is 10.1 Å². The van der Waals surface area contributed by atoms with E-state index in [1.807, 2.05) is 0 Å². The van der Waals surface area contributed by atoms with Crippen molar-refractivity contribution in [2.45, 2.75) is 12.9 Å². The monoisotopic (exact) mass is 514 g/mol. The lowest BCUT2D eigenvalue weighted by Gasteiger charge is -2.23. The fraction of sp³-hybridized carbons (Fsp3) is 0.130. The number of amides is 2. The maximum Gasteiger partial charge on any atom is 0.573 e. The largest absolute Gasteiger partial charge is 0.573 e. The van der Waals surface area contributed by atoms with Crippen LogP contribution < -0.4 is 10.1 Å². The van der Waals surface area contributed by atoms with E-state index < -0.39 is 36.3 Å². The van der Waals surface area contributed by atoms with Crippen LogP contribution in [0.15, 0.2) is 66.7 Å². The van der Waals surface area contributed by atoms with Gasteiger partial charge in [-0.1, -0.05) is 41.4 Å². The van der Waals surface area contributed by atoms with Gasteiger partial charge in [-0.15, -0.1) is 13.2 Å². The average molecular weight is 515 g/mol. The predicted octanol–water partition coefficient (Wildman–Crippen LogP) is 6.31. The first-order valence-electron chi connectivity index (χ1n) is 9.65. The molecule has 0 bridgehead atoms. The molecule has 0 saturated heterocycles. The maximum atomic E-state index is 13.4. The van der Waals surface area contributed by atoms with E-state index in [0.717, 1.165) is 30.3 Å². The van der Waals surface area contributed by atoms with Crippen LogP contribution >= 0.6 is 23.2 Å². The van der Waals surface area contributed by atoms with Crippen molar-refractivity contribution in [3.63, 3.8) is 0 Å². The van der Waals surface area contributed by atoms with E-state index in [0.29, 0.717) is 10.6 Å². The third-order valence-corrected chi connectivity index (χ3v) is 5.14. The molecule has 0 aliphatic rings. The Balaban J connectivity index is 1.81. The standard InChI is InChI=1S/C23H16Cl2F4N2O3/c24-18-4-2-1-3-15(18)12-31(13-21(32)30-16-7-10-20(26)19(25)11-16)22(33)14-5-8-17(9-6-14)34-23(27,28)29/h1-11H,12-13H2,(H,30,32). The summed E-state index contributed by atoms with van der Waals surface area (Å²) in [6.07, 6.45) is -4.87. The quantitative estimate of drug-likeness (QED) is 0.375. The highest BCUT2D eigenvalue weighted by Crippen LogP contribution is 2.24. The van der Waals surface area contributed by atoms with Crippen molar-refractivity contribution in [3.05, 3.63) is 93.7 Å². The molecule has 34 heavy (non-hydrogen) atoms. The second-order valence-electron chi connectivity index (χ2n) is 7.00. The molecule has 11 heteroatoms. The SMILES string of the molecule is O=C(CN(Cc1ccccc1Cl)C(=O)c1ccc(OC(F)(F)F)cc1)Nc1ccc(F)c(Cl)c1. The molecule has 0 aliphatic heterocycles. The van der Waals surface area contributed by atoms with Gasteiger partial charge in [-0.2, -0.15) is 0 Å². The van der Waals surface area contributed by atoms with Gasteiger partial charge in [0.15, 0.2) is 0 Å². The second kappa shape index (κ2) is 10.8. The summed E-state index contributed by atoms with van der Waals surface area (Å²) < 4.78 is 54.4. The highest BCUT2D eigenvalue weighted by Gasteiger charge is 2.31. The number of nitrogens with one attached hydrogen (secondary N) is 1. The number of alkyl halides is 3. The summed E-state index contributed by atoms with van der Waals surface area (Å²) in [7, 11) is 0. The molecule has 0 spiro atoms. The highest BCUT2D eigenvalue weighted by atomic mass is 35.5. The molecule has 3 aromatic rings. The van der Waals surface area contributed by atoms with E-state index in [1.165, 1.54) is 17.0 Å². The van der Waals surface area contributed by atoms with E-state index >= 15 is 0 Å². The van der Waals surface area contributed by atoms with Crippen molar-refractivity contribution < 1.29 is 31.9 Å². The molecule has 0 heterocycles. The van der Waals surface area contributed by atoms with Crippen molar-refractivity contribution in [1.29, 1.82) is 0 Å². The fourth-order valence-electron chi connectivity index (χ4n) is 2.96. The molecule has 1 N–H and O–H groups in total. The van der Waals surface area contributed by atoms with Crippen LogP contribution in [0, 0.1) is 5.82 Å². The van der Waals surface area contributed by atoms with Gasteiger partial charge in [-0.25, -0.2) is 4.39 Å². The molecular formula is C23H16Cl2F4N2O3. The van der Waals surface area contributed by atoms with Gasteiger partial charge in [0.25, 0.3) is 5.91 Å². The fourth-order valence-corrected chi connectivity index (χ4v) is 3.34. The minimum Gasteiger partial charge on any atom is -0.406 e. The van der Waals surface area contributed by atoms with Gasteiger partial charge in [-0.3, -0.25) is 9.59 Å². The number of hydrogen-bond acceptors (Lipinski definition) is 3. The summed E-state index contributed by atoms with van der Waals surface area (Å²) in [5, 5.41) is 2.69. The van der Waals surface area contributed by atoms with Crippen LogP contribution in [-0.4, -0.2) is 29.6 Å². The van der Waals surface area contributed by atoms with Gasteiger partial charge in [0, 0.05) is 22.8 Å². The lowest BCUT2D eigenvalue weighted by molar-refractivity contribution is -0.274. The van der Waals surface area contributed by atoms with E-state index in [4.69, 9.17) is 23.2 Å². The summed E-state index contributed by atoms with van der Waals surface area (Å²) in [5.41, 5.74) is 0.793. The zero-order valence-electron chi connectivity index (χ0n) is 17.2. The Kier molecular flexibility index (Phi) is 8.01. The van der Waals surface area contributed by atoms with Crippen molar-refractivity contribution in [1.82, 2.24) is 4.90 Å². The zero-order valence-corrected chi connectivity index (χ0v) is 18.7. The van der Waals surface area contributed by atoms with Crippen molar-refractivity contribution in [2.75, 3.05) is 11.9 Å². The lowest BCUT2D eigenvalue weighted by Crippen LogP contribution is -2.37. The molecule has 0 fully saturated rings. The minimum absolute atomic E-state index is 0.0270. The number of halogens is 6. The summed E-state index contributed by atoms with van der Waals surface area (Å²) in [4.78, 5) is 26.9. The molecule has 0 aromatic heterocycles. The van der Waals surface area contributed by atoms with Gasteiger partial charge in [0.2, 0.25) is 5.91 Å². The van der Waals surface area contributed by atoms with E-state index in [1.54, 1.807) is 24.3 Å². The third-order valence-electron chi connectivity index (χ3n) is 4.48. The number of hydrogen-bond donors (Lipinski definition) is 1. The van der Waals surface area contributed by atoms with Crippen LogP contribution in [0.4, 0.5) is 23.2 Å². The summed E-state index contributed by atoms with van der Waals surface area (Å²) in [6, 6.07) is 14.6. The second-order valence-corrected chi connectivity index (χ2v) is 7.82. The third kappa shape index (κ3) is 7.10. The Hall–Kier alpha value is -3.30.